The number of nitrogens with two attached hydrogens (primary N) is 3. The monoisotopic (exact) mass is 274 g/mol. The van der Waals surface area contributed by atoms with E-state index in [2.05, 4.69) is 15.1 Å². The molecule has 0 aliphatic rings. The maximum Gasteiger partial charge on any atom is 0.223 e. The first-order valence-corrected chi connectivity index (χ1v) is 5.69. The summed E-state index contributed by atoms with van der Waals surface area (Å²) in [5, 5.41) is 12.8. The highest BCUT2D eigenvalue weighted by Crippen LogP contribution is 2.22. The molecule has 0 aliphatic carbocycles. The lowest BCUT2D eigenvalue weighted by atomic mass is 10.1. The van der Waals surface area contributed by atoms with Gasteiger partial charge in [0.1, 0.15) is 12.3 Å². The van der Waals surface area contributed by atoms with Gasteiger partial charge in [-0.3, -0.25) is 0 Å². The number of nitrogens with zero attached hydrogens (tertiary/aromatic N) is 3. The van der Waals surface area contributed by atoms with E-state index in [0.717, 1.165) is 5.56 Å². The van der Waals surface area contributed by atoms with Crippen LogP contribution in [0.1, 0.15) is 5.76 Å². The van der Waals surface area contributed by atoms with Gasteiger partial charge in [0.25, 0.3) is 0 Å². The Bertz CT molecular complexity index is 640. The molecule has 0 saturated carbocycles. The number of rotatable bonds is 3. The minimum absolute atomic E-state index is 0.0262. The molecule has 0 unspecified atom stereocenters. The summed E-state index contributed by atoms with van der Waals surface area (Å²) in [5.41, 5.74) is 18.0. The second-order valence-electron chi connectivity index (χ2n) is 3.89. The smallest absolute Gasteiger partial charge is 0.223 e. The van der Waals surface area contributed by atoms with E-state index in [0.29, 0.717) is 17.1 Å². The zero-order chi connectivity index (χ0) is 14.5. The van der Waals surface area contributed by atoms with Gasteiger partial charge in [-0.1, -0.05) is 17.3 Å². The largest absolute Gasteiger partial charge is 0.388 e. The lowest BCUT2D eigenvalue weighted by Crippen LogP contribution is -2.26. The molecule has 0 saturated heterocycles. The van der Waals surface area contributed by atoms with E-state index in [4.69, 9.17) is 26.8 Å². The number of guanidine groups is 2. The Morgan fingerprint density at radius 1 is 1.20 bits per heavy atom. The molecule has 20 heavy (non-hydrogen) atoms. The lowest BCUT2D eigenvalue weighted by Gasteiger charge is -1.98. The minimum Gasteiger partial charge on any atom is -0.388 e. The van der Waals surface area contributed by atoms with Crippen LogP contribution in [0.25, 0.3) is 11.3 Å². The summed E-state index contributed by atoms with van der Waals surface area (Å²) in [6, 6.07) is 8.71. The molecule has 0 spiro atoms. The van der Waals surface area contributed by atoms with Gasteiger partial charge in [0, 0.05) is 11.6 Å². The first-order chi connectivity index (χ1) is 9.58. The van der Waals surface area contributed by atoms with E-state index in [1.165, 1.54) is 0 Å². The lowest BCUT2D eigenvalue weighted by molar-refractivity contribution is 0.229. The molecular weight excluding hydrogens is 260 g/mol. The Kier molecular flexibility index (Phi) is 3.96. The molecule has 1 aromatic carbocycles. The molecule has 1 aromatic heterocycles. The highest BCUT2D eigenvalue weighted by Gasteiger charge is 2.05. The molecule has 8 nitrogen and oxygen atoms in total. The fourth-order valence-electron chi connectivity index (χ4n) is 1.52. The summed E-state index contributed by atoms with van der Waals surface area (Å²) in [6.07, 6.45) is 0. The Morgan fingerprint density at radius 3 is 2.45 bits per heavy atom. The molecule has 0 radical (unpaired) electrons. The molecule has 2 rings (SSSR count). The predicted molar refractivity (Wildman–Crippen MR) is 75.0 cm³/mol. The third kappa shape index (κ3) is 3.33. The Hall–Kier alpha value is -2.87. The van der Waals surface area contributed by atoms with Gasteiger partial charge in [-0.15, -0.1) is 0 Å². The number of aliphatic hydroxyl groups excluding tert-OH is 1. The van der Waals surface area contributed by atoms with Crippen molar-refractivity contribution in [1.82, 2.24) is 5.16 Å². The molecule has 2 aromatic rings. The normalized spacial score (nSPS) is 11.3. The van der Waals surface area contributed by atoms with Crippen molar-refractivity contribution in [2.45, 2.75) is 6.61 Å². The molecule has 0 bridgehead atoms. The van der Waals surface area contributed by atoms with Gasteiger partial charge in [0.05, 0.1) is 5.69 Å². The van der Waals surface area contributed by atoms with Crippen LogP contribution in [0.4, 0.5) is 5.69 Å². The van der Waals surface area contributed by atoms with Crippen molar-refractivity contribution < 1.29 is 9.63 Å². The standard InChI is InChI=1S/C12H14N6O2/c13-11(14)17-12(15)16-8-3-1-7(2-4-8)10-5-9(6-19)20-18-10/h1-5,19H,6H2,(H6,13,14,15,16,17). The van der Waals surface area contributed by atoms with Crippen LogP contribution in [0, 0.1) is 0 Å². The zero-order valence-electron chi connectivity index (χ0n) is 10.5. The zero-order valence-corrected chi connectivity index (χ0v) is 10.5. The third-order valence-corrected chi connectivity index (χ3v) is 2.37. The summed E-state index contributed by atoms with van der Waals surface area (Å²) in [7, 11) is 0. The van der Waals surface area contributed by atoms with Crippen LogP contribution in [-0.2, 0) is 6.61 Å². The quantitative estimate of drug-likeness (QED) is 0.459. The van der Waals surface area contributed by atoms with Gasteiger partial charge < -0.3 is 26.8 Å². The van der Waals surface area contributed by atoms with E-state index < -0.39 is 0 Å². The number of hydrogen-bond donors (Lipinski definition) is 4. The number of benzene rings is 1. The molecule has 104 valence electrons. The number of aliphatic hydroxyl groups is 1. The van der Waals surface area contributed by atoms with Crippen LogP contribution < -0.4 is 17.2 Å². The van der Waals surface area contributed by atoms with Crippen LogP contribution in [0.3, 0.4) is 0 Å². The Morgan fingerprint density at radius 2 is 1.90 bits per heavy atom. The van der Waals surface area contributed by atoms with Crippen LogP contribution >= 0.6 is 0 Å². The van der Waals surface area contributed by atoms with Crippen LogP contribution in [-0.4, -0.2) is 22.2 Å². The van der Waals surface area contributed by atoms with Crippen molar-refractivity contribution in [3.8, 4) is 11.3 Å². The maximum absolute atomic E-state index is 8.91. The molecule has 0 atom stereocenters. The summed E-state index contributed by atoms with van der Waals surface area (Å²) >= 11 is 0. The van der Waals surface area contributed by atoms with Crippen molar-refractivity contribution in [3.63, 3.8) is 0 Å². The Balaban J connectivity index is 2.20. The number of aliphatic imine (C=N–C) groups is 2. The van der Waals surface area contributed by atoms with Gasteiger partial charge in [-0.25, -0.2) is 4.99 Å². The van der Waals surface area contributed by atoms with E-state index in [-0.39, 0.29) is 18.5 Å². The van der Waals surface area contributed by atoms with E-state index in [1.807, 2.05) is 0 Å². The van der Waals surface area contributed by atoms with Crippen LogP contribution in [0.2, 0.25) is 0 Å². The summed E-state index contributed by atoms with van der Waals surface area (Å²) in [5.74, 6) is 0.225. The van der Waals surface area contributed by atoms with Gasteiger partial charge in [-0.05, 0) is 12.1 Å². The number of aromatic nitrogens is 1. The second-order valence-corrected chi connectivity index (χ2v) is 3.89. The SMILES string of the molecule is NC(N)=NC(N)=Nc1ccc(-c2cc(CO)on2)cc1. The third-order valence-electron chi connectivity index (χ3n) is 2.37. The second kappa shape index (κ2) is 5.85. The van der Waals surface area contributed by atoms with Crippen LogP contribution in [0.15, 0.2) is 44.8 Å². The van der Waals surface area contributed by atoms with Gasteiger partial charge >= 0.3 is 0 Å². The Labute approximate surface area is 114 Å². The summed E-state index contributed by atoms with van der Waals surface area (Å²) in [4.78, 5) is 7.63. The summed E-state index contributed by atoms with van der Waals surface area (Å²) in [6.45, 7) is -0.190. The van der Waals surface area contributed by atoms with Crippen molar-refractivity contribution in [1.29, 1.82) is 0 Å². The highest BCUT2D eigenvalue weighted by molar-refractivity contribution is 5.93. The molecule has 0 fully saturated rings. The molecule has 7 N–H and O–H groups in total. The number of hydrogen-bond acceptors (Lipinski definition) is 4. The molecule has 1 heterocycles. The van der Waals surface area contributed by atoms with E-state index in [1.54, 1.807) is 30.3 Å². The average molecular weight is 274 g/mol. The van der Waals surface area contributed by atoms with Crippen molar-refractivity contribution in [3.05, 3.63) is 36.1 Å². The van der Waals surface area contributed by atoms with Gasteiger partial charge in [-0.2, -0.15) is 4.99 Å². The summed E-state index contributed by atoms with van der Waals surface area (Å²) < 4.78 is 4.91. The fourth-order valence-corrected chi connectivity index (χ4v) is 1.52. The highest BCUT2D eigenvalue weighted by atomic mass is 16.5. The van der Waals surface area contributed by atoms with E-state index >= 15 is 0 Å². The first kappa shape index (κ1) is 13.6. The fraction of sp³-hybridized carbons (Fsp3) is 0.0833. The van der Waals surface area contributed by atoms with Crippen molar-refractivity contribution in [2.75, 3.05) is 0 Å². The van der Waals surface area contributed by atoms with Crippen molar-refractivity contribution in [2.24, 2.45) is 27.2 Å². The molecule has 0 amide bonds. The molecular formula is C12H14N6O2. The minimum atomic E-state index is -0.190. The van der Waals surface area contributed by atoms with Gasteiger partial charge in [0.15, 0.2) is 11.7 Å². The maximum atomic E-state index is 8.91. The van der Waals surface area contributed by atoms with Crippen molar-refractivity contribution >= 4 is 17.6 Å². The van der Waals surface area contributed by atoms with E-state index in [9.17, 15) is 0 Å². The molecule has 8 heteroatoms. The predicted octanol–water partition coefficient (Wildman–Crippen LogP) is 0.0535. The topological polar surface area (TPSA) is 149 Å². The van der Waals surface area contributed by atoms with Crippen LogP contribution in [0.5, 0.6) is 0 Å². The molecule has 0 aliphatic heterocycles. The van der Waals surface area contributed by atoms with Gasteiger partial charge in [0.2, 0.25) is 5.96 Å². The average Bonchev–Trinajstić information content (AvgIpc) is 2.87. The first-order valence-electron chi connectivity index (χ1n) is 5.69.